The van der Waals surface area contributed by atoms with Crippen molar-refractivity contribution >= 4 is 23.1 Å². The minimum absolute atomic E-state index is 0.200. The Morgan fingerprint density at radius 2 is 1.75 bits per heavy atom. The molecule has 28 heavy (non-hydrogen) atoms. The van der Waals surface area contributed by atoms with Crippen LogP contribution in [0.25, 0.3) is 5.57 Å². The Bertz CT molecular complexity index is 947. The number of hydrogen-bond donors (Lipinski definition) is 0. The number of para-hydroxylation sites is 1. The van der Waals surface area contributed by atoms with Crippen molar-refractivity contribution in [3.8, 4) is 5.75 Å². The zero-order valence-electron chi connectivity index (χ0n) is 16.3. The highest BCUT2D eigenvalue weighted by Crippen LogP contribution is 2.38. The van der Waals surface area contributed by atoms with Gasteiger partial charge in [0.2, 0.25) is 0 Å². The summed E-state index contributed by atoms with van der Waals surface area (Å²) in [4.78, 5) is 29.9. The van der Waals surface area contributed by atoms with Crippen LogP contribution in [0.3, 0.4) is 0 Å². The molecule has 0 atom stereocenters. The molecule has 0 unspecified atom stereocenters. The Kier molecular flexibility index (Phi) is 4.90. The van der Waals surface area contributed by atoms with Gasteiger partial charge >= 0.3 is 0 Å². The first kappa shape index (κ1) is 18.3. The number of aryl methyl sites for hydroxylation is 1. The van der Waals surface area contributed by atoms with E-state index in [0.29, 0.717) is 17.8 Å². The fraction of sp³-hybridized carbons (Fsp3) is 0.304. The molecule has 2 aromatic rings. The summed E-state index contributed by atoms with van der Waals surface area (Å²) in [7, 11) is 1.61. The van der Waals surface area contributed by atoms with Crippen LogP contribution in [0.5, 0.6) is 5.75 Å². The second kappa shape index (κ2) is 7.50. The molecule has 0 aromatic heterocycles. The SMILES string of the molecule is CCCN1C(=O)C(c2ccc(OC)cc2)=C(N2CCCc3ccccc32)C1=O. The van der Waals surface area contributed by atoms with Crippen LogP contribution in [-0.4, -0.2) is 36.9 Å². The topological polar surface area (TPSA) is 49.9 Å². The summed E-state index contributed by atoms with van der Waals surface area (Å²) in [6.07, 6.45) is 2.67. The van der Waals surface area contributed by atoms with Crippen LogP contribution in [0, 0.1) is 0 Å². The summed E-state index contributed by atoms with van der Waals surface area (Å²) in [6, 6.07) is 15.5. The highest BCUT2D eigenvalue weighted by molar-refractivity contribution is 6.36. The quantitative estimate of drug-likeness (QED) is 0.748. The Balaban J connectivity index is 1.87. The second-order valence-corrected chi connectivity index (χ2v) is 7.10. The van der Waals surface area contributed by atoms with Gasteiger partial charge in [-0.3, -0.25) is 14.5 Å². The van der Waals surface area contributed by atoms with Crippen molar-refractivity contribution in [3.05, 3.63) is 65.4 Å². The van der Waals surface area contributed by atoms with Gasteiger partial charge in [0, 0.05) is 18.8 Å². The molecule has 2 heterocycles. The normalized spacial score (nSPS) is 16.6. The van der Waals surface area contributed by atoms with E-state index in [1.165, 1.54) is 10.5 Å². The number of nitrogens with zero attached hydrogens (tertiary/aromatic N) is 2. The molecule has 5 nitrogen and oxygen atoms in total. The molecule has 5 heteroatoms. The third kappa shape index (κ3) is 2.97. The molecule has 0 fully saturated rings. The first-order valence-electron chi connectivity index (χ1n) is 9.76. The van der Waals surface area contributed by atoms with Gasteiger partial charge in [0.25, 0.3) is 11.8 Å². The lowest BCUT2D eigenvalue weighted by molar-refractivity contribution is -0.136. The van der Waals surface area contributed by atoms with Crippen LogP contribution in [0.15, 0.2) is 54.2 Å². The summed E-state index contributed by atoms with van der Waals surface area (Å²) in [5, 5.41) is 0. The third-order valence-electron chi connectivity index (χ3n) is 5.35. The number of anilines is 1. The zero-order chi connectivity index (χ0) is 19.7. The van der Waals surface area contributed by atoms with E-state index in [9.17, 15) is 9.59 Å². The molecular formula is C23H24N2O3. The van der Waals surface area contributed by atoms with E-state index in [2.05, 4.69) is 6.07 Å². The molecule has 2 amide bonds. The Morgan fingerprint density at radius 3 is 2.46 bits per heavy atom. The molecule has 0 N–H and O–H groups in total. The fourth-order valence-corrected chi connectivity index (χ4v) is 4.02. The number of methoxy groups -OCH3 is 1. The zero-order valence-corrected chi connectivity index (χ0v) is 16.3. The van der Waals surface area contributed by atoms with E-state index in [4.69, 9.17) is 4.74 Å². The van der Waals surface area contributed by atoms with E-state index in [0.717, 1.165) is 42.8 Å². The van der Waals surface area contributed by atoms with Gasteiger partial charge < -0.3 is 9.64 Å². The van der Waals surface area contributed by atoms with Crippen LogP contribution < -0.4 is 9.64 Å². The lowest BCUT2D eigenvalue weighted by Gasteiger charge is -2.32. The van der Waals surface area contributed by atoms with Gasteiger partial charge in [-0.05, 0) is 48.6 Å². The highest BCUT2D eigenvalue weighted by Gasteiger charge is 2.42. The molecule has 0 saturated heterocycles. The van der Waals surface area contributed by atoms with E-state index >= 15 is 0 Å². The van der Waals surface area contributed by atoms with Crippen LogP contribution >= 0.6 is 0 Å². The van der Waals surface area contributed by atoms with Crippen molar-refractivity contribution in [2.45, 2.75) is 26.2 Å². The summed E-state index contributed by atoms with van der Waals surface area (Å²) < 4.78 is 5.24. The summed E-state index contributed by atoms with van der Waals surface area (Å²) in [5.74, 6) is 0.306. The van der Waals surface area contributed by atoms with Crippen LogP contribution in [0.1, 0.15) is 30.9 Å². The van der Waals surface area contributed by atoms with Gasteiger partial charge in [-0.2, -0.15) is 0 Å². The lowest BCUT2D eigenvalue weighted by atomic mass is 9.98. The highest BCUT2D eigenvalue weighted by atomic mass is 16.5. The van der Waals surface area contributed by atoms with Gasteiger partial charge in [-0.25, -0.2) is 0 Å². The number of benzene rings is 2. The van der Waals surface area contributed by atoms with Crippen molar-refractivity contribution in [2.24, 2.45) is 0 Å². The molecule has 4 rings (SSSR count). The summed E-state index contributed by atoms with van der Waals surface area (Å²) >= 11 is 0. The largest absolute Gasteiger partial charge is 0.497 e. The molecule has 0 aliphatic carbocycles. The van der Waals surface area contributed by atoms with Crippen molar-refractivity contribution < 1.29 is 14.3 Å². The molecular weight excluding hydrogens is 352 g/mol. The number of amides is 2. The molecule has 2 aliphatic heterocycles. The van der Waals surface area contributed by atoms with Crippen molar-refractivity contribution in [1.29, 1.82) is 0 Å². The van der Waals surface area contributed by atoms with E-state index in [1.54, 1.807) is 7.11 Å². The average Bonchev–Trinajstić information content (AvgIpc) is 2.98. The summed E-state index contributed by atoms with van der Waals surface area (Å²) in [6.45, 7) is 3.13. The van der Waals surface area contributed by atoms with E-state index in [-0.39, 0.29) is 11.8 Å². The lowest BCUT2D eigenvalue weighted by Crippen LogP contribution is -2.37. The standard InChI is InChI=1S/C23H24N2O3/c1-3-14-25-22(26)20(17-10-12-18(28-2)13-11-17)21(23(25)27)24-15-6-8-16-7-4-5-9-19(16)24/h4-5,7,9-13H,3,6,8,14-15H2,1-2H3. The molecule has 2 aromatic carbocycles. The van der Waals surface area contributed by atoms with Crippen molar-refractivity contribution in [3.63, 3.8) is 0 Å². The second-order valence-electron chi connectivity index (χ2n) is 7.10. The maximum atomic E-state index is 13.3. The van der Waals surface area contributed by atoms with Gasteiger partial charge in [0.15, 0.2) is 0 Å². The van der Waals surface area contributed by atoms with Crippen LogP contribution in [0.2, 0.25) is 0 Å². The first-order chi connectivity index (χ1) is 13.7. The van der Waals surface area contributed by atoms with Gasteiger partial charge in [-0.1, -0.05) is 37.3 Å². The maximum absolute atomic E-state index is 13.3. The third-order valence-corrected chi connectivity index (χ3v) is 5.35. The molecule has 0 saturated carbocycles. The predicted octanol–water partition coefficient (Wildman–Crippen LogP) is 3.64. The minimum atomic E-state index is -0.213. The van der Waals surface area contributed by atoms with Gasteiger partial charge in [0.05, 0.1) is 12.7 Å². The average molecular weight is 376 g/mol. The van der Waals surface area contributed by atoms with Gasteiger partial charge in [0.1, 0.15) is 11.4 Å². The predicted molar refractivity (Wildman–Crippen MR) is 109 cm³/mol. The molecule has 0 radical (unpaired) electrons. The molecule has 144 valence electrons. The molecule has 0 bridgehead atoms. The van der Waals surface area contributed by atoms with E-state index in [1.807, 2.05) is 54.3 Å². The smallest absolute Gasteiger partial charge is 0.278 e. The Labute approximate surface area is 165 Å². The number of ether oxygens (including phenoxy) is 1. The Hall–Kier alpha value is -3.08. The van der Waals surface area contributed by atoms with Crippen LogP contribution in [0.4, 0.5) is 5.69 Å². The monoisotopic (exact) mass is 376 g/mol. The van der Waals surface area contributed by atoms with Crippen LogP contribution in [-0.2, 0) is 16.0 Å². The Morgan fingerprint density at radius 1 is 1.00 bits per heavy atom. The first-order valence-corrected chi connectivity index (χ1v) is 9.76. The number of carbonyl (C=O) groups excluding carboxylic acids is 2. The summed E-state index contributed by atoms with van der Waals surface area (Å²) in [5.41, 5.74) is 3.96. The molecule has 2 aliphatic rings. The number of imide groups is 1. The number of rotatable bonds is 5. The number of fused-ring (bicyclic) bond motifs is 1. The van der Waals surface area contributed by atoms with Gasteiger partial charge in [-0.15, -0.1) is 0 Å². The fourth-order valence-electron chi connectivity index (χ4n) is 4.02. The minimum Gasteiger partial charge on any atom is -0.497 e. The molecule has 0 spiro atoms. The maximum Gasteiger partial charge on any atom is 0.278 e. The van der Waals surface area contributed by atoms with E-state index < -0.39 is 0 Å². The number of carbonyl (C=O) groups is 2. The number of hydrogen-bond acceptors (Lipinski definition) is 4. The van der Waals surface area contributed by atoms with Crippen molar-refractivity contribution in [2.75, 3.05) is 25.1 Å². The van der Waals surface area contributed by atoms with Crippen molar-refractivity contribution in [1.82, 2.24) is 4.90 Å².